The van der Waals surface area contributed by atoms with Crippen LogP contribution in [-0.4, -0.2) is 15.8 Å². The molecule has 2 N–H and O–H groups in total. The van der Waals surface area contributed by atoms with E-state index in [1.165, 1.54) is 11.3 Å². The second-order valence-corrected chi connectivity index (χ2v) is 6.33. The second-order valence-electron chi connectivity index (χ2n) is 6.33. The van der Waals surface area contributed by atoms with Crippen LogP contribution in [0.1, 0.15) is 64.0 Å². The SMILES string of the molecule is CCc1c(C)nn(C(C(N)CC)C(C)(C)C)c1C. The predicted molar refractivity (Wildman–Crippen MR) is 77.8 cm³/mol. The number of hydrogen-bond donors (Lipinski definition) is 1. The zero-order valence-corrected chi connectivity index (χ0v) is 13.0. The van der Waals surface area contributed by atoms with Crippen molar-refractivity contribution in [2.45, 2.75) is 73.4 Å². The largest absolute Gasteiger partial charge is 0.326 e. The number of rotatable bonds is 4. The lowest BCUT2D eigenvalue weighted by Crippen LogP contribution is -2.40. The fourth-order valence-electron chi connectivity index (χ4n) is 2.89. The molecule has 0 aromatic carbocycles. The van der Waals surface area contributed by atoms with E-state index in [-0.39, 0.29) is 17.5 Å². The summed E-state index contributed by atoms with van der Waals surface area (Å²) in [6.07, 6.45) is 2.01. The molecule has 0 saturated carbocycles. The first-order chi connectivity index (χ1) is 8.23. The van der Waals surface area contributed by atoms with Gasteiger partial charge in [-0.15, -0.1) is 0 Å². The van der Waals surface area contributed by atoms with Crippen molar-refractivity contribution in [2.24, 2.45) is 11.1 Å². The molecule has 0 aliphatic rings. The molecular formula is C15H29N3. The van der Waals surface area contributed by atoms with Crippen LogP contribution in [-0.2, 0) is 6.42 Å². The van der Waals surface area contributed by atoms with Crippen LogP contribution >= 0.6 is 0 Å². The standard InChI is InChI=1S/C15H29N3/c1-8-12-10(3)17-18(11(12)4)14(13(16)9-2)15(5,6)7/h13-14H,8-9,16H2,1-7H3. The average Bonchev–Trinajstić information content (AvgIpc) is 2.52. The van der Waals surface area contributed by atoms with E-state index in [9.17, 15) is 0 Å². The Hall–Kier alpha value is -0.830. The van der Waals surface area contributed by atoms with Gasteiger partial charge < -0.3 is 5.73 Å². The van der Waals surface area contributed by atoms with E-state index >= 15 is 0 Å². The molecule has 0 aliphatic carbocycles. The van der Waals surface area contributed by atoms with Crippen molar-refractivity contribution in [3.8, 4) is 0 Å². The quantitative estimate of drug-likeness (QED) is 0.891. The highest BCUT2D eigenvalue weighted by Gasteiger charge is 2.33. The number of hydrogen-bond acceptors (Lipinski definition) is 2. The summed E-state index contributed by atoms with van der Waals surface area (Å²) in [5.41, 5.74) is 10.2. The molecule has 18 heavy (non-hydrogen) atoms. The Morgan fingerprint density at radius 1 is 1.22 bits per heavy atom. The van der Waals surface area contributed by atoms with E-state index in [1.54, 1.807) is 0 Å². The van der Waals surface area contributed by atoms with Crippen molar-refractivity contribution in [1.29, 1.82) is 0 Å². The molecule has 3 nitrogen and oxygen atoms in total. The lowest BCUT2D eigenvalue weighted by molar-refractivity contribution is 0.183. The lowest BCUT2D eigenvalue weighted by atomic mass is 9.81. The predicted octanol–water partition coefficient (Wildman–Crippen LogP) is 3.39. The Morgan fingerprint density at radius 3 is 2.11 bits per heavy atom. The van der Waals surface area contributed by atoms with Gasteiger partial charge in [-0.2, -0.15) is 5.10 Å². The van der Waals surface area contributed by atoms with Gasteiger partial charge >= 0.3 is 0 Å². The summed E-state index contributed by atoms with van der Waals surface area (Å²) >= 11 is 0. The van der Waals surface area contributed by atoms with Gasteiger partial charge in [0.25, 0.3) is 0 Å². The second kappa shape index (κ2) is 5.43. The molecule has 1 heterocycles. The molecule has 0 saturated heterocycles. The van der Waals surface area contributed by atoms with Gasteiger partial charge in [0.05, 0.1) is 11.7 Å². The summed E-state index contributed by atoms with van der Waals surface area (Å²) < 4.78 is 2.17. The maximum Gasteiger partial charge on any atom is 0.0721 e. The van der Waals surface area contributed by atoms with Crippen molar-refractivity contribution >= 4 is 0 Å². The maximum absolute atomic E-state index is 6.34. The third kappa shape index (κ3) is 2.77. The molecule has 0 aliphatic heterocycles. The van der Waals surface area contributed by atoms with E-state index in [2.05, 4.69) is 53.1 Å². The molecular weight excluding hydrogens is 222 g/mol. The van der Waals surface area contributed by atoms with Crippen molar-refractivity contribution < 1.29 is 0 Å². The Labute approximate surface area is 112 Å². The molecule has 2 atom stereocenters. The molecule has 1 rings (SSSR count). The van der Waals surface area contributed by atoms with Gasteiger partial charge in [0.2, 0.25) is 0 Å². The third-order valence-electron chi connectivity index (χ3n) is 3.86. The third-order valence-corrected chi connectivity index (χ3v) is 3.86. The molecule has 0 bridgehead atoms. The Bertz CT molecular complexity index is 399. The number of aromatic nitrogens is 2. The molecule has 0 radical (unpaired) electrons. The number of nitrogens with two attached hydrogens (primary N) is 1. The van der Waals surface area contributed by atoms with Gasteiger partial charge in [0, 0.05) is 11.7 Å². The summed E-state index contributed by atoms with van der Waals surface area (Å²) in [5, 5.41) is 4.75. The first-order valence-corrected chi connectivity index (χ1v) is 7.04. The van der Waals surface area contributed by atoms with E-state index in [0.29, 0.717) is 0 Å². The topological polar surface area (TPSA) is 43.8 Å². The van der Waals surface area contributed by atoms with Gasteiger partial charge in [-0.3, -0.25) is 4.68 Å². The van der Waals surface area contributed by atoms with Gasteiger partial charge in [-0.1, -0.05) is 34.6 Å². The summed E-state index contributed by atoms with van der Waals surface area (Å²) in [4.78, 5) is 0. The van der Waals surface area contributed by atoms with E-state index in [0.717, 1.165) is 18.5 Å². The highest BCUT2D eigenvalue weighted by molar-refractivity contribution is 5.25. The molecule has 1 aromatic rings. The highest BCUT2D eigenvalue weighted by atomic mass is 15.3. The first-order valence-electron chi connectivity index (χ1n) is 7.04. The molecule has 3 heteroatoms. The van der Waals surface area contributed by atoms with Gasteiger partial charge in [-0.05, 0) is 37.7 Å². The molecule has 0 fully saturated rings. The van der Waals surface area contributed by atoms with Crippen molar-refractivity contribution in [1.82, 2.24) is 9.78 Å². The minimum atomic E-state index is 0.115. The smallest absolute Gasteiger partial charge is 0.0721 e. The van der Waals surface area contributed by atoms with Crippen LogP contribution in [0.5, 0.6) is 0 Å². The molecule has 1 aromatic heterocycles. The van der Waals surface area contributed by atoms with Crippen LogP contribution in [0.3, 0.4) is 0 Å². The molecule has 0 amide bonds. The van der Waals surface area contributed by atoms with Gasteiger partial charge in [-0.25, -0.2) is 0 Å². The van der Waals surface area contributed by atoms with Crippen molar-refractivity contribution in [2.75, 3.05) is 0 Å². The summed E-state index contributed by atoms with van der Waals surface area (Å²) in [6, 6.07) is 0.397. The molecule has 2 unspecified atom stereocenters. The molecule has 104 valence electrons. The van der Waals surface area contributed by atoms with Crippen LogP contribution in [0.4, 0.5) is 0 Å². The minimum Gasteiger partial charge on any atom is -0.326 e. The summed E-state index contributed by atoms with van der Waals surface area (Å²) in [6.45, 7) is 15.3. The van der Waals surface area contributed by atoms with Crippen LogP contribution in [0.15, 0.2) is 0 Å². The van der Waals surface area contributed by atoms with Crippen LogP contribution in [0, 0.1) is 19.3 Å². The zero-order valence-electron chi connectivity index (χ0n) is 13.0. The van der Waals surface area contributed by atoms with Crippen LogP contribution < -0.4 is 5.73 Å². The van der Waals surface area contributed by atoms with Gasteiger partial charge in [0.1, 0.15) is 0 Å². The lowest BCUT2D eigenvalue weighted by Gasteiger charge is -2.36. The average molecular weight is 251 g/mol. The molecule has 0 spiro atoms. The van der Waals surface area contributed by atoms with E-state index in [4.69, 9.17) is 10.8 Å². The Morgan fingerprint density at radius 2 is 1.78 bits per heavy atom. The summed E-state index contributed by atoms with van der Waals surface area (Å²) in [5.74, 6) is 0. The zero-order chi connectivity index (χ0) is 14.1. The first kappa shape index (κ1) is 15.2. The normalized spacial score (nSPS) is 15.8. The number of nitrogens with zero attached hydrogens (tertiary/aromatic N) is 2. The monoisotopic (exact) mass is 251 g/mol. The Balaban J connectivity index is 3.31. The van der Waals surface area contributed by atoms with Crippen molar-refractivity contribution in [3.05, 3.63) is 17.0 Å². The minimum absolute atomic E-state index is 0.115. The highest BCUT2D eigenvalue weighted by Crippen LogP contribution is 2.35. The van der Waals surface area contributed by atoms with Crippen LogP contribution in [0.25, 0.3) is 0 Å². The van der Waals surface area contributed by atoms with Crippen LogP contribution in [0.2, 0.25) is 0 Å². The fourth-order valence-corrected chi connectivity index (χ4v) is 2.89. The van der Waals surface area contributed by atoms with Crippen molar-refractivity contribution in [3.63, 3.8) is 0 Å². The van der Waals surface area contributed by atoms with E-state index < -0.39 is 0 Å². The summed E-state index contributed by atoms with van der Waals surface area (Å²) in [7, 11) is 0. The maximum atomic E-state index is 6.34. The van der Waals surface area contributed by atoms with E-state index in [1.807, 2.05) is 0 Å². The fraction of sp³-hybridized carbons (Fsp3) is 0.800. The number of aryl methyl sites for hydroxylation is 1. The Kier molecular flexibility index (Phi) is 4.60. The van der Waals surface area contributed by atoms with Gasteiger partial charge in [0.15, 0.2) is 0 Å².